The molecule has 5 nitrogen and oxygen atoms in total. The molecular formula is C55H36N4O. The van der Waals surface area contributed by atoms with Crippen molar-refractivity contribution < 1.29 is 4.42 Å². The van der Waals surface area contributed by atoms with Gasteiger partial charge in [0.05, 0.1) is 5.56 Å². The molecule has 2 heterocycles. The Morgan fingerprint density at radius 3 is 1.40 bits per heavy atom. The fourth-order valence-electron chi connectivity index (χ4n) is 8.23. The van der Waals surface area contributed by atoms with Crippen LogP contribution in [0.15, 0.2) is 223 Å². The molecule has 0 aliphatic heterocycles. The van der Waals surface area contributed by atoms with Gasteiger partial charge in [-0.05, 0) is 81.6 Å². The Bertz CT molecular complexity index is 3220. The summed E-state index contributed by atoms with van der Waals surface area (Å²) >= 11 is 0. The van der Waals surface area contributed by atoms with Gasteiger partial charge in [0, 0.05) is 39.0 Å². The molecule has 60 heavy (non-hydrogen) atoms. The first-order chi connectivity index (χ1) is 29.7. The van der Waals surface area contributed by atoms with Crippen molar-refractivity contribution in [1.29, 1.82) is 0 Å². The Morgan fingerprint density at radius 2 is 0.783 bits per heavy atom. The molecule has 0 fully saturated rings. The molecule has 9 aromatic carbocycles. The van der Waals surface area contributed by atoms with Gasteiger partial charge in [0.1, 0.15) is 11.2 Å². The zero-order valence-electron chi connectivity index (χ0n) is 32.5. The van der Waals surface area contributed by atoms with Crippen molar-refractivity contribution in [1.82, 2.24) is 15.0 Å². The highest BCUT2D eigenvalue weighted by atomic mass is 16.3. The average molecular weight is 769 g/mol. The van der Waals surface area contributed by atoms with Crippen LogP contribution in [0.2, 0.25) is 0 Å². The number of nitrogens with zero attached hydrogens (tertiary/aromatic N) is 4. The van der Waals surface area contributed by atoms with E-state index >= 15 is 0 Å². The van der Waals surface area contributed by atoms with Crippen LogP contribution in [0, 0.1) is 0 Å². The lowest BCUT2D eigenvalue weighted by molar-refractivity contribution is 0.670. The maximum atomic E-state index is 6.91. The second-order valence-corrected chi connectivity index (χ2v) is 14.8. The highest BCUT2D eigenvalue weighted by Gasteiger charge is 2.22. The number of anilines is 3. The first kappa shape index (κ1) is 35.0. The molecule has 0 bridgehead atoms. The molecule has 5 heteroatoms. The van der Waals surface area contributed by atoms with Crippen LogP contribution in [0.1, 0.15) is 0 Å². The van der Waals surface area contributed by atoms with E-state index in [-0.39, 0.29) is 0 Å². The molecule has 0 aliphatic rings. The lowest BCUT2D eigenvalue weighted by Crippen LogP contribution is -2.09. The topological polar surface area (TPSA) is 55.1 Å². The van der Waals surface area contributed by atoms with Crippen molar-refractivity contribution in [3.8, 4) is 56.4 Å². The molecule has 2 aromatic heterocycles. The third-order valence-electron chi connectivity index (χ3n) is 11.1. The van der Waals surface area contributed by atoms with Crippen molar-refractivity contribution >= 4 is 49.8 Å². The van der Waals surface area contributed by atoms with Crippen LogP contribution in [0.5, 0.6) is 0 Å². The van der Waals surface area contributed by atoms with E-state index in [1.54, 1.807) is 0 Å². The van der Waals surface area contributed by atoms with E-state index in [1.165, 1.54) is 11.1 Å². The van der Waals surface area contributed by atoms with Crippen molar-refractivity contribution in [2.45, 2.75) is 0 Å². The number of fused-ring (bicyclic) bond motifs is 5. The summed E-state index contributed by atoms with van der Waals surface area (Å²) in [6.45, 7) is 0. The number of furan rings is 1. The summed E-state index contributed by atoms with van der Waals surface area (Å²) in [6.07, 6.45) is 0. The fourth-order valence-corrected chi connectivity index (χ4v) is 8.23. The molecule has 0 aliphatic carbocycles. The van der Waals surface area contributed by atoms with Crippen LogP contribution in [-0.2, 0) is 0 Å². The van der Waals surface area contributed by atoms with Gasteiger partial charge in [-0.1, -0.05) is 170 Å². The highest BCUT2D eigenvalue weighted by Crippen LogP contribution is 2.45. The van der Waals surface area contributed by atoms with Gasteiger partial charge in [0.25, 0.3) is 0 Å². The van der Waals surface area contributed by atoms with Gasteiger partial charge in [0.15, 0.2) is 17.5 Å². The monoisotopic (exact) mass is 768 g/mol. The standard InChI is InChI=1S/C55H36N4O/c1-5-15-37(16-6-1)38-25-30-44(31-26-38)59(43-22-11-4-12-23-43)45-32-27-40(28-33-45)47-34-35-48(52-51(47)50-46-24-14-13-17-39(46)29-36-49(50)60-52)55-57-53(41-18-7-2-8-19-41)56-54(58-55)42-20-9-3-10-21-42/h1-36H. The van der Waals surface area contributed by atoms with Gasteiger partial charge in [0.2, 0.25) is 0 Å². The van der Waals surface area contributed by atoms with Crippen LogP contribution in [0.4, 0.5) is 17.1 Å². The molecule has 0 spiro atoms. The maximum Gasteiger partial charge on any atom is 0.167 e. The van der Waals surface area contributed by atoms with E-state index < -0.39 is 0 Å². The van der Waals surface area contributed by atoms with Crippen molar-refractivity contribution in [2.24, 2.45) is 0 Å². The van der Waals surface area contributed by atoms with Gasteiger partial charge in [-0.2, -0.15) is 0 Å². The van der Waals surface area contributed by atoms with E-state index in [9.17, 15) is 0 Å². The minimum atomic E-state index is 0.551. The summed E-state index contributed by atoms with van der Waals surface area (Å²) in [5, 5.41) is 4.36. The third-order valence-corrected chi connectivity index (χ3v) is 11.1. The Balaban J connectivity index is 1.08. The number of benzene rings is 9. The van der Waals surface area contributed by atoms with Crippen molar-refractivity contribution in [3.05, 3.63) is 218 Å². The summed E-state index contributed by atoms with van der Waals surface area (Å²) in [5.41, 5.74) is 11.9. The molecular weight excluding hydrogens is 733 g/mol. The van der Waals surface area contributed by atoms with Crippen molar-refractivity contribution in [2.75, 3.05) is 4.90 Å². The molecule has 0 radical (unpaired) electrons. The Kier molecular flexibility index (Phi) is 8.75. The van der Waals surface area contributed by atoms with Crippen molar-refractivity contribution in [3.63, 3.8) is 0 Å². The Morgan fingerprint density at radius 1 is 0.317 bits per heavy atom. The molecule has 0 saturated heterocycles. The van der Waals surface area contributed by atoms with E-state index in [0.29, 0.717) is 17.5 Å². The molecule has 0 unspecified atom stereocenters. The predicted octanol–water partition coefficient (Wildman–Crippen LogP) is 14.7. The number of aromatic nitrogens is 3. The minimum absolute atomic E-state index is 0.551. The smallest absolute Gasteiger partial charge is 0.167 e. The zero-order chi connectivity index (χ0) is 39.8. The summed E-state index contributed by atoms with van der Waals surface area (Å²) in [7, 11) is 0. The molecule has 0 saturated carbocycles. The maximum absolute atomic E-state index is 6.91. The van der Waals surface area contributed by atoms with E-state index in [2.05, 4.69) is 157 Å². The second-order valence-electron chi connectivity index (χ2n) is 14.8. The van der Waals surface area contributed by atoms with Crippen LogP contribution >= 0.6 is 0 Å². The minimum Gasteiger partial charge on any atom is -0.455 e. The second kappa shape index (κ2) is 15.0. The average Bonchev–Trinajstić information content (AvgIpc) is 3.73. The summed E-state index contributed by atoms with van der Waals surface area (Å²) < 4.78 is 6.91. The third kappa shape index (κ3) is 6.35. The summed E-state index contributed by atoms with van der Waals surface area (Å²) in [5.74, 6) is 1.76. The lowest BCUT2D eigenvalue weighted by Gasteiger charge is -2.26. The number of para-hydroxylation sites is 1. The predicted molar refractivity (Wildman–Crippen MR) is 246 cm³/mol. The fraction of sp³-hybridized carbons (Fsp3) is 0. The lowest BCUT2D eigenvalue weighted by atomic mass is 9.94. The molecule has 0 atom stereocenters. The normalized spacial score (nSPS) is 11.3. The zero-order valence-corrected chi connectivity index (χ0v) is 32.5. The van der Waals surface area contributed by atoms with Crippen LogP contribution < -0.4 is 4.90 Å². The number of hydrogen-bond acceptors (Lipinski definition) is 5. The first-order valence-corrected chi connectivity index (χ1v) is 20.1. The highest BCUT2D eigenvalue weighted by molar-refractivity contribution is 6.24. The van der Waals surface area contributed by atoms with E-state index in [0.717, 1.165) is 77.6 Å². The van der Waals surface area contributed by atoms with Gasteiger partial charge >= 0.3 is 0 Å². The van der Waals surface area contributed by atoms with Gasteiger partial charge < -0.3 is 9.32 Å². The van der Waals surface area contributed by atoms with Gasteiger partial charge in [-0.3, -0.25) is 0 Å². The van der Waals surface area contributed by atoms with Crippen LogP contribution in [-0.4, -0.2) is 15.0 Å². The molecule has 11 aromatic rings. The summed E-state index contributed by atoms with van der Waals surface area (Å²) in [6, 6.07) is 75.8. The Hall–Kier alpha value is -8.15. The molecule has 282 valence electrons. The van der Waals surface area contributed by atoms with Crippen LogP contribution in [0.3, 0.4) is 0 Å². The Labute approximate surface area is 347 Å². The molecule has 11 rings (SSSR count). The first-order valence-electron chi connectivity index (χ1n) is 20.1. The summed E-state index contributed by atoms with van der Waals surface area (Å²) in [4.78, 5) is 17.5. The quantitative estimate of drug-likeness (QED) is 0.154. The van der Waals surface area contributed by atoms with Crippen LogP contribution in [0.25, 0.3) is 89.1 Å². The molecule has 0 amide bonds. The molecule has 0 N–H and O–H groups in total. The largest absolute Gasteiger partial charge is 0.455 e. The number of hydrogen-bond donors (Lipinski definition) is 0. The van der Waals surface area contributed by atoms with E-state index in [4.69, 9.17) is 19.4 Å². The van der Waals surface area contributed by atoms with Gasteiger partial charge in [-0.15, -0.1) is 0 Å². The SMILES string of the molecule is c1ccc(-c2ccc(N(c3ccccc3)c3ccc(-c4ccc(-c5nc(-c6ccccc6)nc(-c6ccccc6)n5)c5oc6ccc7ccccc7c6c45)cc3)cc2)cc1. The number of rotatable bonds is 8. The van der Waals surface area contributed by atoms with E-state index in [1.807, 2.05) is 66.7 Å². The van der Waals surface area contributed by atoms with Gasteiger partial charge in [-0.25, -0.2) is 15.0 Å².